The smallest absolute Gasteiger partial charge is 0.254 e. The summed E-state index contributed by atoms with van der Waals surface area (Å²) in [7, 11) is 3.15. The molecule has 2 aromatic carbocycles. The number of methoxy groups -OCH3 is 1. The number of hydrogen-bond acceptors (Lipinski definition) is 6. The fourth-order valence-corrected chi connectivity index (χ4v) is 5.20. The first kappa shape index (κ1) is 30.3. The van der Waals surface area contributed by atoms with Gasteiger partial charge in [-0.3, -0.25) is 9.59 Å². The van der Waals surface area contributed by atoms with Gasteiger partial charge in [0.1, 0.15) is 29.7 Å². The lowest BCUT2D eigenvalue weighted by Gasteiger charge is -2.30. The number of rotatable bonds is 9. The number of ether oxygens (including phenoxy) is 3. The lowest BCUT2D eigenvalue weighted by Crippen LogP contribution is -2.41. The normalized spacial score (nSPS) is 17.3. The van der Waals surface area contributed by atoms with E-state index < -0.39 is 5.60 Å². The minimum absolute atomic E-state index is 0.0260. The van der Waals surface area contributed by atoms with Crippen molar-refractivity contribution < 1.29 is 28.5 Å². The molecule has 0 atom stereocenters. The molecule has 220 valence electrons. The second-order valence-corrected chi connectivity index (χ2v) is 11.3. The number of pyridine rings is 1. The maximum atomic E-state index is 14.0. The molecule has 1 aromatic heterocycles. The standard InChI is InChI=1S/C32H39FN2O6/c1-19-13-22(33)14-20(2)31(19)41-27-12-7-21(32(3,4)38)15-25(27)26-17-35(5)30(37)16-28(26)40-24-10-8-23(9-11-24)34-29(36)18-39-6/h7,12-17,23-24,38H,8-11,18H2,1-6H3,(H,34,36). The predicted molar refractivity (Wildman–Crippen MR) is 155 cm³/mol. The van der Waals surface area contributed by atoms with Crippen molar-refractivity contribution in [1.29, 1.82) is 0 Å². The molecule has 0 spiro atoms. The van der Waals surface area contributed by atoms with Crippen molar-refractivity contribution in [2.75, 3.05) is 13.7 Å². The summed E-state index contributed by atoms with van der Waals surface area (Å²) in [5, 5.41) is 13.8. The summed E-state index contributed by atoms with van der Waals surface area (Å²) in [4.78, 5) is 24.7. The van der Waals surface area contributed by atoms with Crippen LogP contribution in [-0.4, -0.2) is 41.4 Å². The highest BCUT2D eigenvalue weighted by Gasteiger charge is 2.26. The molecular formula is C32H39FN2O6. The zero-order valence-electron chi connectivity index (χ0n) is 24.5. The summed E-state index contributed by atoms with van der Waals surface area (Å²) >= 11 is 0. The fraction of sp³-hybridized carbons (Fsp3) is 0.438. The van der Waals surface area contributed by atoms with Gasteiger partial charge < -0.3 is 29.2 Å². The number of halogens is 1. The molecule has 1 saturated carbocycles. The molecule has 0 radical (unpaired) electrons. The molecule has 1 fully saturated rings. The van der Waals surface area contributed by atoms with Gasteiger partial charge in [-0.2, -0.15) is 0 Å². The Labute approximate surface area is 240 Å². The van der Waals surface area contributed by atoms with Crippen molar-refractivity contribution in [3.8, 4) is 28.4 Å². The van der Waals surface area contributed by atoms with Gasteiger partial charge in [0.25, 0.3) is 5.56 Å². The monoisotopic (exact) mass is 566 g/mol. The van der Waals surface area contributed by atoms with Gasteiger partial charge >= 0.3 is 0 Å². The molecule has 0 bridgehead atoms. The Bertz CT molecular complexity index is 1440. The number of benzene rings is 2. The van der Waals surface area contributed by atoms with Crippen LogP contribution in [0.15, 0.2) is 47.4 Å². The number of aryl methyl sites for hydroxylation is 3. The highest BCUT2D eigenvalue weighted by Crippen LogP contribution is 2.42. The van der Waals surface area contributed by atoms with Crippen molar-refractivity contribution in [1.82, 2.24) is 9.88 Å². The van der Waals surface area contributed by atoms with Gasteiger partial charge in [-0.15, -0.1) is 0 Å². The Hall–Kier alpha value is -3.69. The van der Waals surface area contributed by atoms with Gasteiger partial charge in [0.15, 0.2) is 0 Å². The molecule has 4 rings (SSSR count). The van der Waals surface area contributed by atoms with Crippen LogP contribution in [-0.2, 0) is 22.2 Å². The maximum Gasteiger partial charge on any atom is 0.254 e. The minimum Gasteiger partial charge on any atom is -0.490 e. The van der Waals surface area contributed by atoms with Crippen LogP contribution >= 0.6 is 0 Å². The number of amides is 1. The van der Waals surface area contributed by atoms with E-state index in [4.69, 9.17) is 14.2 Å². The van der Waals surface area contributed by atoms with E-state index in [1.165, 1.54) is 29.9 Å². The average molecular weight is 567 g/mol. The lowest BCUT2D eigenvalue weighted by atomic mass is 9.92. The molecule has 0 unspecified atom stereocenters. The topological polar surface area (TPSA) is 99.0 Å². The number of carbonyl (C=O) groups excluding carboxylic acids is 1. The van der Waals surface area contributed by atoms with Crippen LogP contribution in [0.25, 0.3) is 11.1 Å². The first-order valence-electron chi connectivity index (χ1n) is 13.8. The Morgan fingerprint density at radius 3 is 2.32 bits per heavy atom. The van der Waals surface area contributed by atoms with Gasteiger partial charge in [-0.05, 0) is 94.3 Å². The quantitative estimate of drug-likeness (QED) is 0.366. The highest BCUT2D eigenvalue weighted by molar-refractivity contribution is 5.77. The van der Waals surface area contributed by atoms with Gasteiger partial charge in [-0.25, -0.2) is 4.39 Å². The van der Waals surface area contributed by atoms with E-state index in [-0.39, 0.29) is 36.0 Å². The summed E-state index contributed by atoms with van der Waals surface area (Å²) in [6.45, 7) is 6.99. The van der Waals surface area contributed by atoms with E-state index in [0.717, 1.165) is 12.8 Å². The zero-order valence-corrected chi connectivity index (χ0v) is 24.5. The van der Waals surface area contributed by atoms with E-state index in [0.29, 0.717) is 57.9 Å². The van der Waals surface area contributed by atoms with E-state index in [1.807, 2.05) is 6.07 Å². The third-order valence-corrected chi connectivity index (χ3v) is 7.41. The van der Waals surface area contributed by atoms with E-state index in [1.54, 1.807) is 53.1 Å². The third kappa shape index (κ3) is 7.34. The minimum atomic E-state index is -1.14. The Morgan fingerprint density at radius 2 is 1.71 bits per heavy atom. The molecule has 9 heteroatoms. The van der Waals surface area contributed by atoms with Crippen LogP contribution in [0.4, 0.5) is 4.39 Å². The van der Waals surface area contributed by atoms with Crippen molar-refractivity contribution in [2.45, 2.75) is 71.1 Å². The van der Waals surface area contributed by atoms with Crippen LogP contribution in [0.1, 0.15) is 56.2 Å². The number of hydrogen-bond donors (Lipinski definition) is 2. The van der Waals surface area contributed by atoms with Crippen LogP contribution in [0, 0.1) is 19.7 Å². The molecular weight excluding hydrogens is 527 g/mol. The molecule has 0 saturated heterocycles. The van der Waals surface area contributed by atoms with Crippen molar-refractivity contribution in [2.24, 2.45) is 7.05 Å². The molecule has 3 aromatic rings. The fourth-order valence-electron chi connectivity index (χ4n) is 5.20. The van der Waals surface area contributed by atoms with Crippen LogP contribution < -0.4 is 20.3 Å². The molecule has 1 heterocycles. The number of nitrogens with one attached hydrogen (secondary N) is 1. The molecule has 1 amide bonds. The van der Waals surface area contributed by atoms with Gasteiger partial charge in [0, 0.05) is 43.6 Å². The molecule has 8 nitrogen and oxygen atoms in total. The number of carbonyl (C=O) groups is 1. The summed E-state index contributed by atoms with van der Waals surface area (Å²) in [6, 6.07) is 9.74. The average Bonchev–Trinajstić information content (AvgIpc) is 2.89. The Kier molecular flexibility index (Phi) is 9.19. The van der Waals surface area contributed by atoms with E-state index in [2.05, 4.69) is 5.32 Å². The first-order chi connectivity index (χ1) is 19.3. The van der Waals surface area contributed by atoms with Crippen LogP contribution in [0.5, 0.6) is 17.2 Å². The van der Waals surface area contributed by atoms with Crippen molar-refractivity contribution in [3.63, 3.8) is 0 Å². The van der Waals surface area contributed by atoms with Gasteiger partial charge in [-0.1, -0.05) is 6.07 Å². The summed E-state index contributed by atoms with van der Waals surface area (Å²) in [5.41, 5.74) is 1.83. The number of aliphatic hydroxyl groups is 1. The molecule has 2 N–H and O–H groups in total. The second kappa shape index (κ2) is 12.4. The van der Waals surface area contributed by atoms with Crippen LogP contribution in [0.3, 0.4) is 0 Å². The summed E-state index contributed by atoms with van der Waals surface area (Å²) in [6.07, 6.45) is 4.44. The molecule has 41 heavy (non-hydrogen) atoms. The summed E-state index contributed by atoms with van der Waals surface area (Å²) in [5.74, 6) is 0.933. The van der Waals surface area contributed by atoms with Gasteiger partial charge in [0.05, 0.1) is 11.7 Å². The Morgan fingerprint density at radius 1 is 1.05 bits per heavy atom. The predicted octanol–water partition coefficient (Wildman–Crippen LogP) is 5.28. The maximum absolute atomic E-state index is 14.0. The lowest BCUT2D eigenvalue weighted by molar-refractivity contribution is -0.125. The van der Waals surface area contributed by atoms with Crippen molar-refractivity contribution >= 4 is 5.91 Å². The molecule has 0 aliphatic heterocycles. The van der Waals surface area contributed by atoms with Crippen molar-refractivity contribution in [3.05, 3.63) is 75.5 Å². The van der Waals surface area contributed by atoms with E-state index in [9.17, 15) is 19.1 Å². The summed E-state index contributed by atoms with van der Waals surface area (Å²) < 4.78 is 33.2. The highest BCUT2D eigenvalue weighted by atomic mass is 19.1. The van der Waals surface area contributed by atoms with Crippen LogP contribution in [0.2, 0.25) is 0 Å². The molecule has 1 aliphatic carbocycles. The number of nitrogens with zero attached hydrogens (tertiary/aromatic N) is 1. The first-order valence-corrected chi connectivity index (χ1v) is 13.8. The molecule has 1 aliphatic rings. The second-order valence-electron chi connectivity index (χ2n) is 11.3. The van der Waals surface area contributed by atoms with Gasteiger partial charge in [0.2, 0.25) is 5.91 Å². The Balaban J connectivity index is 1.71. The van der Waals surface area contributed by atoms with E-state index >= 15 is 0 Å². The number of aromatic nitrogens is 1. The third-order valence-electron chi connectivity index (χ3n) is 7.41. The largest absolute Gasteiger partial charge is 0.490 e. The SMILES string of the molecule is COCC(=O)NC1CCC(Oc2cc(=O)n(C)cc2-c2cc(C(C)(C)O)ccc2Oc2c(C)cc(F)cc2C)CC1. The zero-order chi connectivity index (χ0) is 29.9.